The molecule has 2 heterocycles. The van der Waals surface area contributed by atoms with Gasteiger partial charge in [-0.15, -0.1) is 0 Å². The van der Waals surface area contributed by atoms with E-state index in [1.54, 1.807) is 0 Å². The zero-order chi connectivity index (χ0) is 28.1. The molecule has 3 atom stereocenters. The molecule has 2 aliphatic heterocycles. The molecule has 0 bridgehead atoms. The lowest BCUT2D eigenvalue weighted by atomic mass is 9.74. The SMILES string of the molecule is C.C.OB(O)c1ccc(B(O)O)cc1.OCC(O)CS.SCC1COB(c2ccc(B3OCC(CS)O3)cc2)O1. The summed E-state index contributed by atoms with van der Waals surface area (Å²) in [6.07, 6.45) is -0.505. The average Bonchev–Trinajstić information content (AvgIpc) is 3.63. The van der Waals surface area contributed by atoms with Gasteiger partial charge in [0.2, 0.25) is 0 Å². The standard InChI is InChI=1S/C12H16B2O4S2.C6H8B2O4.C3H8O2S.2CH4/c19-7-11-5-15-13(17-11)9-1-2-10(4-3-9)14-16-6-12(8-20)18-14;9-7(10)5-1-2-6(4-3-5)8(11)12;4-1-3(5)2-6;;/h1-4,11-12,19-20H,5-8H2;1-4,9-12H;3-6H,1-2H2;2*1H4. The smallest absolute Gasteiger partial charge is 0.423 e. The number of aliphatic hydroxyl groups excluding tert-OH is 2. The molecule has 40 heavy (non-hydrogen) atoms. The Bertz CT molecular complexity index is 847. The first-order chi connectivity index (χ1) is 18.2. The van der Waals surface area contributed by atoms with E-state index in [4.69, 9.17) is 48.9 Å². The summed E-state index contributed by atoms with van der Waals surface area (Å²) >= 11 is 12.1. The third-order valence-electron chi connectivity index (χ3n) is 5.34. The highest BCUT2D eigenvalue weighted by Crippen LogP contribution is 2.11. The predicted molar refractivity (Wildman–Crippen MR) is 173 cm³/mol. The fourth-order valence-corrected chi connectivity index (χ4v) is 3.64. The van der Waals surface area contributed by atoms with Crippen LogP contribution in [0.15, 0.2) is 48.5 Å². The van der Waals surface area contributed by atoms with E-state index in [0.717, 1.165) is 10.9 Å². The Morgan fingerprint density at radius 3 is 1.27 bits per heavy atom. The molecular formula is C23H40B4O10S3. The molecule has 0 saturated carbocycles. The van der Waals surface area contributed by atoms with Crippen LogP contribution in [0.3, 0.4) is 0 Å². The maximum absolute atomic E-state index is 8.68. The van der Waals surface area contributed by atoms with E-state index in [2.05, 4.69) is 37.9 Å². The Morgan fingerprint density at radius 1 is 0.725 bits per heavy atom. The Labute approximate surface area is 255 Å². The van der Waals surface area contributed by atoms with Gasteiger partial charge in [-0.2, -0.15) is 37.9 Å². The van der Waals surface area contributed by atoms with Gasteiger partial charge in [0.1, 0.15) is 0 Å². The fourth-order valence-electron chi connectivity index (χ4n) is 3.15. The summed E-state index contributed by atoms with van der Waals surface area (Å²) in [6.45, 7) is 0.992. The number of aliphatic hydroxyl groups is 2. The van der Waals surface area contributed by atoms with E-state index in [-0.39, 0.29) is 47.9 Å². The number of hydrogen-bond acceptors (Lipinski definition) is 13. The number of rotatable bonds is 8. The van der Waals surface area contributed by atoms with Crippen molar-refractivity contribution in [2.45, 2.75) is 33.2 Å². The Hall–Kier alpha value is -0.650. The summed E-state index contributed by atoms with van der Waals surface area (Å²) in [6, 6.07) is 13.6. The van der Waals surface area contributed by atoms with Gasteiger partial charge in [-0.3, -0.25) is 0 Å². The third-order valence-corrected chi connectivity index (χ3v) is 6.58. The molecule has 4 rings (SSSR count). The van der Waals surface area contributed by atoms with Crippen LogP contribution >= 0.6 is 37.9 Å². The molecule has 6 N–H and O–H groups in total. The molecule has 3 unspecified atom stereocenters. The van der Waals surface area contributed by atoms with Crippen LogP contribution in [0, 0.1) is 0 Å². The molecule has 0 amide bonds. The van der Waals surface area contributed by atoms with Gasteiger partial charge in [0, 0.05) is 17.3 Å². The van der Waals surface area contributed by atoms with Gasteiger partial charge in [-0.05, 0) is 21.9 Å². The van der Waals surface area contributed by atoms with Gasteiger partial charge in [0.25, 0.3) is 0 Å². The van der Waals surface area contributed by atoms with Crippen molar-refractivity contribution in [2.75, 3.05) is 37.1 Å². The summed E-state index contributed by atoms with van der Waals surface area (Å²) < 4.78 is 22.6. The van der Waals surface area contributed by atoms with Crippen molar-refractivity contribution < 1.29 is 48.9 Å². The normalized spacial score (nSPS) is 18.3. The van der Waals surface area contributed by atoms with E-state index < -0.39 is 20.3 Å². The minimum absolute atomic E-state index is 0. The van der Waals surface area contributed by atoms with Crippen molar-refractivity contribution in [1.29, 1.82) is 0 Å². The quantitative estimate of drug-likeness (QED) is 0.114. The van der Waals surface area contributed by atoms with E-state index in [1.165, 1.54) is 24.3 Å². The molecule has 0 aliphatic carbocycles. The summed E-state index contributed by atoms with van der Waals surface area (Å²) in [7, 11) is -3.63. The molecule has 2 fully saturated rings. The molecule has 10 nitrogen and oxygen atoms in total. The topological polar surface area (TPSA) is 158 Å². The minimum atomic E-state index is -1.52. The molecule has 0 aromatic heterocycles. The molecule has 2 aromatic carbocycles. The van der Waals surface area contributed by atoms with Crippen LogP contribution in [-0.4, -0.2) is 114 Å². The molecule has 2 aliphatic rings. The average molecular weight is 616 g/mol. The van der Waals surface area contributed by atoms with Gasteiger partial charge >= 0.3 is 28.5 Å². The van der Waals surface area contributed by atoms with Crippen LogP contribution in [0.4, 0.5) is 0 Å². The highest BCUT2D eigenvalue weighted by Gasteiger charge is 2.34. The van der Waals surface area contributed by atoms with Crippen LogP contribution in [0.2, 0.25) is 0 Å². The van der Waals surface area contributed by atoms with Crippen molar-refractivity contribution in [3.05, 3.63) is 48.5 Å². The van der Waals surface area contributed by atoms with Crippen molar-refractivity contribution in [2.24, 2.45) is 0 Å². The predicted octanol–water partition coefficient (Wildman–Crippen LogP) is -2.64. The second-order valence-electron chi connectivity index (χ2n) is 8.31. The van der Waals surface area contributed by atoms with Gasteiger partial charge in [0.05, 0.1) is 38.1 Å². The first kappa shape index (κ1) is 39.3. The van der Waals surface area contributed by atoms with E-state index in [0.29, 0.717) is 41.4 Å². The maximum atomic E-state index is 8.68. The van der Waals surface area contributed by atoms with Crippen molar-refractivity contribution in [1.82, 2.24) is 0 Å². The Kier molecular flexibility index (Phi) is 20.8. The molecular weight excluding hydrogens is 576 g/mol. The highest BCUT2D eigenvalue weighted by atomic mass is 32.1. The zero-order valence-corrected chi connectivity index (χ0v) is 23.2. The summed E-state index contributed by atoms with van der Waals surface area (Å²) in [5.74, 6) is 1.67. The Morgan fingerprint density at radius 2 is 1.07 bits per heavy atom. The van der Waals surface area contributed by atoms with Crippen molar-refractivity contribution in [3.8, 4) is 0 Å². The van der Waals surface area contributed by atoms with Crippen LogP contribution in [-0.2, 0) is 18.6 Å². The monoisotopic (exact) mass is 616 g/mol. The molecule has 0 spiro atoms. The van der Waals surface area contributed by atoms with Gasteiger partial charge in [-0.1, -0.05) is 63.4 Å². The molecule has 2 saturated heterocycles. The summed E-state index contributed by atoms with van der Waals surface area (Å²) in [5.41, 5.74) is 2.64. The Balaban J connectivity index is 0.000000653. The van der Waals surface area contributed by atoms with Gasteiger partial charge in [0.15, 0.2) is 0 Å². The van der Waals surface area contributed by atoms with Crippen LogP contribution in [0.25, 0.3) is 0 Å². The van der Waals surface area contributed by atoms with Gasteiger partial charge < -0.3 is 48.9 Å². The molecule has 17 heteroatoms. The first-order valence-corrected chi connectivity index (χ1v) is 13.7. The molecule has 222 valence electrons. The minimum Gasteiger partial charge on any atom is -0.423 e. The second-order valence-corrected chi connectivity index (χ2v) is 9.41. The van der Waals surface area contributed by atoms with E-state index in [9.17, 15) is 0 Å². The van der Waals surface area contributed by atoms with Crippen molar-refractivity contribution in [3.63, 3.8) is 0 Å². The lowest BCUT2D eigenvalue weighted by molar-refractivity contribution is 0.114. The first-order valence-electron chi connectivity index (χ1n) is 11.8. The lowest BCUT2D eigenvalue weighted by Crippen LogP contribution is -2.37. The summed E-state index contributed by atoms with van der Waals surface area (Å²) in [5, 5.41) is 51.1. The highest BCUT2D eigenvalue weighted by molar-refractivity contribution is 7.80. The third kappa shape index (κ3) is 13.1. The van der Waals surface area contributed by atoms with Crippen LogP contribution in [0.5, 0.6) is 0 Å². The number of thiol groups is 3. The largest absolute Gasteiger partial charge is 0.494 e. The van der Waals surface area contributed by atoms with Crippen LogP contribution < -0.4 is 21.9 Å². The number of benzene rings is 2. The van der Waals surface area contributed by atoms with E-state index >= 15 is 0 Å². The lowest BCUT2D eigenvalue weighted by Gasteiger charge is -2.09. The fraction of sp³-hybridized carbons (Fsp3) is 0.478. The molecule has 0 radical (unpaired) electrons. The number of hydrogen-bond donors (Lipinski definition) is 9. The van der Waals surface area contributed by atoms with Crippen molar-refractivity contribution >= 4 is 88.2 Å². The van der Waals surface area contributed by atoms with E-state index in [1.807, 2.05) is 24.3 Å². The van der Waals surface area contributed by atoms with Crippen LogP contribution in [0.1, 0.15) is 14.9 Å². The summed E-state index contributed by atoms with van der Waals surface area (Å²) in [4.78, 5) is 0. The van der Waals surface area contributed by atoms with Gasteiger partial charge in [-0.25, -0.2) is 0 Å². The molecule has 2 aromatic rings. The zero-order valence-electron chi connectivity index (χ0n) is 20.6. The maximum Gasteiger partial charge on any atom is 0.494 e. The second kappa shape index (κ2) is 21.1.